The molecule has 1 amide bonds. The molecule has 1 fully saturated rings. The van der Waals surface area contributed by atoms with Crippen LogP contribution in [0.2, 0.25) is 5.02 Å². The number of amides is 1. The van der Waals surface area contributed by atoms with Crippen LogP contribution in [0, 0.1) is 5.92 Å². The van der Waals surface area contributed by atoms with E-state index in [2.05, 4.69) is 24.3 Å². The van der Waals surface area contributed by atoms with Crippen LogP contribution in [0.5, 0.6) is 0 Å². The molecule has 1 aromatic heterocycles. The van der Waals surface area contributed by atoms with Gasteiger partial charge in [-0.1, -0.05) is 41.9 Å². The number of halogens is 1. The van der Waals surface area contributed by atoms with Crippen LogP contribution >= 0.6 is 11.6 Å². The second-order valence-corrected chi connectivity index (χ2v) is 7.92. The lowest BCUT2D eigenvalue weighted by Gasteiger charge is -2.32. The first kappa shape index (κ1) is 18.8. The number of aromatic nitrogens is 1. The van der Waals surface area contributed by atoms with Gasteiger partial charge >= 0.3 is 0 Å². The second kappa shape index (κ2) is 8.19. The first-order valence-electron chi connectivity index (χ1n) is 9.70. The van der Waals surface area contributed by atoms with E-state index < -0.39 is 0 Å². The van der Waals surface area contributed by atoms with Crippen LogP contribution in [0.3, 0.4) is 0 Å². The van der Waals surface area contributed by atoms with Gasteiger partial charge in [-0.15, -0.1) is 0 Å². The summed E-state index contributed by atoms with van der Waals surface area (Å²) in [5.74, 6) is 0.710. The molecular weight excluding hydrogens is 372 g/mol. The molecule has 0 aliphatic carbocycles. The first-order chi connectivity index (χ1) is 13.6. The van der Waals surface area contributed by atoms with Gasteiger partial charge in [0.2, 0.25) is 5.91 Å². The fraction of sp³-hybridized carbons (Fsp3) is 0.304. The Hall–Kier alpha value is -2.59. The monoisotopic (exact) mass is 394 g/mol. The van der Waals surface area contributed by atoms with Crippen molar-refractivity contribution in [3.05, 3.63) is 81.6 Å². The molecule has 1 saturated heterocycles. The molecule has 3 aromatic rings. The molecule has 0 bridgehead atoms. The van der Waals surface area contributed by atoms with Crippen molar-refractivity contribution in [3.8, 4) is 0 Å². The predicted molar refractivity (Wildman–Crippen MR) is 113 cm³/mol. The number of likely N-dealkylation sites (tertiary alicyclic amines) is 1. The van der Waals surface area contributed by atoms with E-state index in [4.69, 9.17) is 11.6 Å². The molecular formula is C23H23ClN2O2. The number of hydrogen-bond donors (Lipinski definition) is 0. The van der Waals surface area contributed by atoms with Crippen LogP contribution in [-0.2, 0) is 17.8 Å². The van der Waals surface area contributed by atoms with E-state index in [0.717, 1.165) is 32.4 Å². The van der Waals surface area contributed by atoms with Gasteiger partial charge in [-0.3, -0.25) is 9.59 Å². The van der Waals surface area contributed by atoms with E-state index in [1.807, 2.05) is 15.5 Å². The summed E-state index contributed by atoms with van der Waals surface area (Å²) < 4.78 is 1.82. The van der Waals surface area contributed by atoms with E-state index in [1.165, 1.54) is 11.6 Å². The van der Waals surface area contributed by atoms with Gasteiger partial charge in [-0.25, -0.2) is 0 Å². The minimum Gasteiger partial charge on any atom is -0.341 e. The van der Waals surface area contributed by atoms with Crippen LogP contribution in [0.1, 0.15) is 18.4 Å². The lowest BCUT2D eigenvalue weighted by Crippen LogP contribution is -2.40. The Labute approximate surface area is 169 Å². The highest BCUT2D eigenvalue weighted by Gasteiger charge is 2.23. The van der Waals surface area contributed by atoms with E-state index in [0.29, 0.717) is 21.8 Å². The van der Waals surface area contributed by atoms with E-state index in [1.54, 1.807) is 24.4 Å². The second-order valence-electron chi connectivity index (χ2n) is 7.48. The zero-order valence-corrected chi connectivity index (χ0v) is 16.4. The van der Waals surface area contributed by atoms with Gasteiger partial charge in [0.25, 0.3) is 0 Å². The zero-order chi connectivity index (χ0) is 19.5. The minimum atomic E-state index is -0.0582. The van der Waals surface area contributed by atoms with Gasteiger partial charge in [-0.2, -0.15) is 0 Å². The molecule has 0 unspecified atom stereocenters. The van der Waals surface area contributed by atoms with Gasteiger partial charge in [-0.05, 0) is 48.9 Å². The summed E-state index contributed by atoms with van der Waals surface area (Å²) in [5, 5.41) is 1.14. The van der Waals surface area contributed by atoms with Crippen molar-refractivity contribution in [3.63, 3.8) is 0 Å². The number of carbonyl (C=O) groups is 1. The SMILES string of the molecule is O=C(Cn1ccc(=O)c2ccc(Cl)cc21)N1CCC(Cc2ccccc2)CC1. The summed E-state index contributed by atoms with van der Waals surface area (Å²) >= 11 is 6.10. The maximum Gasteiger partial charge on any atom is 0.242 e. The molecule has 1 aliphatic rings. The molecule has 0 atom stereocenters. The lowest BCUT2D eigenvalue weighted by atomic mass is 9.90. The van der Waals surface area contributed by atoms with E-state index >= 15 is 0 Å². The molecule has 0 saturated carbocycles. The summed E-state index contributed by atoms with van der Waals surface area (Å²) in [7, 11) is 0. The molecule has 144 valence electrons. The number of nitrogens with zero attached hydrogens (tertiary/aromatic N) is 2. The average Bonchev–Trinajstić information content (AvgIpc) is 2.71. The van der Waals surface area contributed by atoms with Crippen molar-refractivity contribution >= 4 is 28.4 Å². The summed E-state index contributed by atoms with van der Waals surface area (Å²) in [6.07, 6.45) is 4.81. The van der Waals surface area contributed by atoms with Crippen molar-refractivity contribution in [2.45, 2.75) is 25.8 Å². The fourth-order valence-electron chi connectivity index (χ4n) is 4.00. The quantitative estimate of drug-likeness (QED) is 0.667. The zero-order valence-electron chi connectivity index (χ0n) is 15.7. The fourth-order valence-corrected chi connectivity index (χ4v) is 4.16. The molecule has 2 aromatic carbocycles. The van der Waals surface area contributed by atoms with Crippen LogP contribution in [0.25, 0.3) is 10.9 Å². The molecule has 4 nitrogen and oxygen atoms in total. The van der Waals surface area contributed by atoms with Crippen LogP contribution in [0.4, 0.5) is 0 Å². The maximum absolute atomic E-state index is 12.8. The largest absolute Gasteiger partial charge is 0.341 e. The molecule has 0 N–H and O–H groups in total. The predicted octanol–water partition coefficient (Wildman–Crippen LogP) is 4.14. The topological polar surface area (TPSA) is 42.3 Å². The molecule has 0 spiro atoms. The van der Waals surface area contributed by atoms with Gasteiger partial charge in [0, 0.05) is 35.8 Å². The maximum atomic E-state index is 12.8. The number of carbonyl (C=O) groups excluding carboxylic acids is 1. The number of benzene rings is 2. The smallest absolute Gasteiger partial charge is 0.242 e. The third-order valence-electron chi connectivity index (χ3n) is 5.58. The van der Waals surface area contributed by atoms with Gasteiger partial charge in [0.15, 0.2) is 5.43 Å². The Kier molecular flexibility index (Phi) is 5.49. The van der Waals surface area contributed by atoms with E-state index in [-0.39, 0.29) is 17.9 Å². The summed E-state index contributed by atoms with van der Waals surface area (Å²) in [6, 6.07) is 17.2. The Balaban J connectivity index is 1.41. The number of rotatable bonds is 4. The van der Waals surface area contributed by atoms with Crippen LogP contribution in [-0.4, -0.2) is 28.5 Å². The third kappa shape index (κ3) is 4.12. The highest BCUT2D eigenvalue weighted by Crippen LogP contribution is 2.22. The Morgan fingerprint density at radius 3 is 2.54 bits per heavy atom. The molecule has 0 radical (unpaired) electrons. The van der Waals surface area contributed by atoms with Crippen molar-refractivity contribution in [2.24, 2.45) is 5.92 Å². The number of pyridine rings is 1. The van der Waals surface area contributed by atoms with Crippen LogP contribution in [0.15, 0.2) is 65.6 Å². The van der Waals surface area contributed by atoms with Crippen molar-refractivity contribution in [2.75, 3.05) is 13.1 Å². The van der Waals surface area contributed by atoms with Gasteiger partial charge in [0.1, 0.15) is 6.54 Å². The number of piperidine rings is 1. The highest BCUT2D eigenvalue weighted by molar-refractivity contribution is 6.31. The molecule has 1 aliphatic heterocycles. The molecule has 2 heterocycles. The highest BCUT2D eigenvalue weighted by atomic mass is 35.5. The van der Waals surface area contributed by atoms with E-state index in [9.17, 15) is 9.59 Å². The van der Waals surface area contributed by atoms with Crippen molar-refractivity contribution in [1.29, 1.82) is 0 Å². The standard InChI is InChI=1S/C23H23ClN2O2/c24-19-6-7-20-21(15-19)26(13-10-22(20)27)16-23(28)25-11-8-18(9-12-25)14-17-4-2-1-3-5-17/h1-7,10,13,15,18H,8-9,11-12,14,16H2. The average molecular weight is 395 g/mol. The summed E-state index contributed by atoms with van der Waals surface area (Å²) in [4.78, 5) is 26.8. The normalized spacial score (nSPS) is 15.1. The first-order valence-corrected chi connectivity index (χ1v) is 10.1. The third-order valence-corrected chi connectivity index (χ3v) is 5.82. The van der Waals surface area contributed by atoms with Crippen LogP contribution < -0.4 is 5.43 Å². The molecule has 4 rings (SSSR count). The summed E-state index contributed by atoms with van der Waals surface area (Å²) in [6.45, 7) is 1.80. The van der Waals surface area contributed by atoms with Gasteiger partial charge in [0.05, 0.1) is 5.52 Å². The summed E-state index contributed by atoms with van der Waals surface area (Å²) in [5.41, 5.74) is 2.01. The number of hydrogen-bond acceptors (Lipinski definition) is 2. The Morgan fingerprint density at radius 2 is 1.79 bits per heavy atom. The Bertz CT molecular complexity index is 1040. The molecule has 28 heavy (non-hydrogen) atoms. The van der Waals surface area contributed by atoms with Gasteiger partial charge < -0.3 is 9.47 Å². The Morgan fingerprint density at radius 1 is 1.04 bits per heavy atom. The minimum absolute atomic E-state index is 0.0582. The van der Waals surface area contributed by atoms with Crippen molar-refractivity contribution < 1.29 is 4.79 Å². The lowest BCUT2D eigenvalue weighted by molar-refractivity contribution is -0.133. The molecule has 5 heteroatoms. The number of fused-ring (bicyclic) bond motifs is 1. The van der Waals surface area contributed by atoms with Crippen molar-refractivity contribution in [1.82, 2.24) is 9.47 Å².